The summed E-state index contributed by atoms with van der Waals surface area (Å²) in [7, 11) is 0. The zero-order valence-corrected chi connectivity index (χ0v) is 23.5. The molecule has 1 aliphatic rings. The molecule has 0 aliphatic heterocycles. The van der Waals surface area contributed by atoms with Crippen molar-refractivity contribution >= 4 is 5.97 Å². The summed E-state index contributed by atoms with van der Waals surface area (Å²) >= 11 is 0. The Balaban J connectivity index is 1.20. The molecule has 1 aliphatic carbocycles. The van der Waals surface area contributed by atoms with E-state index in [1.54, 1.807) is 0 Å². The molecule has 1 fully saturated rings. The van der Waals surface area contributed by atoms with E-state index in [-0.39, 0.29) is 11.9 Å². The Morgan fingerprint density at radius 2 is 1.47 bits per heavy atom. The third-order valence-electron chi connectivity index (χ3n) is 8.54. The Kier molecular flexibility index (Phi) is 11.0. The minimum atomic E-state index is -0.0905. The third-order valence-corrected chi connectivity index (χ3v) is 8.54. The number of benzene rings is 3. The summed E-state index contributed by atoms with van der Waals surface area (Å²) in [5.41, 5.74) is 5.21. The number of hydrogen-bond donors (Lipinski definition) is 0. The lowest BCUT2D eigenvalue weighted by molar-refractivity contribution is -0.139. The number of rotatable bonds is 13. The van der Waals surface area contributed by atoms with Crippen LogP contribution in [-0.2, 0) is 11.2 Å². The average molecular weight is 511 g/mol. The van der Waals surface area contributed by atoms with Crippen LogP contribution in [-0.4, -0.2) is 5.97 Å². The largest absolute Gasteiger partial charge is 0.426 e. The number of esters is 1. The average Bonchev–Trinajstić information content (AvgIpc) is 2.97. The van der Waals surface area contributed by atoms with Gasteiger partial charge in [0.1, 0.15) is 5.75 Å². The minimum absolute atomic E-state index is 0.0544. The van der Waals surface area contributed by atoms with Crippen molar-refractivity contribution in [1.82, 2.24) is 0 Å². The number of unbranched alkanes of at least 4 members (excludes halogenated alkanes) is 2. The molecule has 2 nitrogen and oxygen atoms in total. The Labute approximate surface area is 230 Å². The lowest BCUT2D eigenvalue weighted by atomic mass is 9.77. The molecule has 1 saturated carbocycles. The zero-order chi connectivity index (χ0) is 26.6. The first-order valence-electron chi connectivity index (χ1n) is 15.1. The predicted molar refractivity (Wildman–Crippen MR) is 160 cm³/mol. The first-order chi connectivity index (χ1) is 18.7. The van der Waals surface area contributed by atoms with E-state index in [4.69, 9.17) is 4.74 Å². The minimum Gasteiger partial charge on any atom is -0.426 e. The number of carbonyl (C=O) groups excluding carboxylic acids is 1. The summed E-state index contributed by atoms with van der Waals surface area (Å²) in [6, 6.07) is 27.6. The molecule has 0 radical (unpaired) electrons. The normalized spacial score (nSPS) is 18.2. The van der Waals surface area contributed by atoms with Crippen LogP contribution >= 0.6 is 0 Å². The van der Waals surface area contributed by atoms with Crippen LogP contribution < -0.4 is 4.74 Å². The van der Waals surface area contributed by atoms with Crippen molar-refractivity contribution in [2.24, 2.45) is 11.8 Å². The smallest absolute Gasteiger partial charge is 0.314 e. The molecule has 202 valence electrons. The van der Waals surface area contributed by atoms with Gasteiger partial charge in [-0.3, -0.25) is 4.79 Å². The second-order valence-corrected chi connectivity index (χ2v) is 11.3. The van der Waals surface area contributed by atoms with Crippen LogP contribution in [0.1, 0.15) is 102 Å². The fourth-order valence-corrected chi connectivity index (χ4v) is 6.01. The summed E-state index contributed by atoms with van der Waals surface area (Å²) in [6.07, 6.45) is 14.4. The SMILES string of the molecule is CCCCCC1CCC(c2ccc(OC(=O)C(CC)CCCc3ccc(-c4ccccc4)cc3)cc2)CC1. The zero-order valence-electron chi connectivity index (χ0n) is 23.5. The highest BCUT2D eigenvalue weighted by molar-refractivity contribution is 5.75. The molecule has 38 heavy (non-hydrogen) atoms. The van der Waals surface area contributed by atoms with Crippen LogP contribution in [0.3, 0.4) is 0 Å². The van der Waals surface area contributed by atoms with E-state index in [9.17, 15) is 4.79 Å². The van der Waals surface area contributed by atoms with Gasteiger partial charge in [-0.2, -0.15) is 0 Å². The van der Waals surface area contributed by atoms with Gasteiger partial charge in [-0.25, -0.2) is 0 Å². The number of aryl methyl sites for hydroxylation is 1. The number of hydrogen-bond acceptors (Lipinski definition) is 2. The van der Waals surface area contributed by atoms with Crippen molar-refractivity contribution < 1.29 is 9.53 Å². The first kappa shape index (κ1) is 28.1. The van der Waals surface area contributed by atoms with E-state index in [2.05, 4.69) is 74.5 Å². The second kappa shape index (κ2) is 14.9. The molecular weight excluding hydrogens is 464 g/mol. The van der Waals surface area contributed by atoms with Crippen LogP contribution in [0.5, 0.6) is 5.75 Å². The highest BCUT2D eigenvalue weighted by Gasteiger charge is 2.23. The van der Waals surface area contributed by atoms with Crippen molar-refractivity contribution in [3.05, 3.63) is 90.0 Å². The van der Waals surface area contributed by atoms with Crippen LogP contribution in [0.4, 0.5) is 0 Å². The number of carbonyl (C=O) groups is 1. The quantitative estimate of drug-likeness (QED) is 0.130. The molecule has 4 rings (SSSR count). The molecule has 0 heterocycles. The number of ether oxygens (including phenoxy) is 1. The highest BCUT2D eigenvalue weighted by Crippen LogP contribution is 2.38. The van der Waals surface area contributed by atoms with Gasteiger partial charge >= 0.3 is 5.97 Å². The fourth-order valence-electron chi connectivity index (χ4n) is 6.01. The lowest BCUT2D eigenvalue weighted by Crippen LogP contribution is -2.20. The van der Waals surface area contributed by atoms with E-state index in [0.717, 1.165) is 31.6 Å². The summed E-state index contributed by atoms with van der Waals surface area (Å²) in [5, 5.41) is 0. The van der Waals surface area contributed by atoms with E-state index >= 15 is 0 Å². The topological polar surface area (TPSA) is 26.3 Å². The van der Waals surface area contributed by atoms with Crippen molar-refractivity contribution in [2.75, 3.05) is 0 Å². The van der Waals surface area contributed by atoms with Gasteiger partial charge < -0.3 is 4.74 Å². The summed E-state index contributed by atoms with van der Waals surface area (Å²) in [6.45, 7) is 4.37. The van der Waals surface area contributed by atoms with E-state index in [1.807, 2.05) is 18.2 Å². The molecule has 2 heteroatoms. The van der Waals surface area contributed by atoms with E-state index in [1.165, 1.54) is 73.6 Å². The molecule has 1 unspecified atom stereocenters. The molecule has 0 amide bonds. The molecule has 0 spiro atoms. The maximum absolute atomic E-state index is 12.9. The van der Waals surface area contributed by atoms with Gasteiger partial charge in [0, 0.05) is 0 Å². The van der Waals surface area contributed by atoms with Crippen molar-refractivity contribution in [3.63, 3.8) is 0 Å². The Hall–Kier alpha value is -2.87. The Bertz CT molecular complexity index is 1080. The van der Waals surface area contributed by atoms with Crippen LogP contribution in [0, 0.1) is 11.8 Å². The summed E-state index contributed by atoms with van der Waals surface area (Å²) in [5.74, 6) is 2.13. The van der Waals surface area contributed by atoms with E-state index in [0.29, 0.717) is 11.7 Å². The van der Waals surface area contributed by atoms with Crippen LogP contribution in [0.25, 0.3) is 11.1 Å². The van der Waals surface area contributed by atoms with Gasteiger partial charge in [-0.1, -0.05) is 106 Å². The van der Waals surface area contributed by atoms with Gasteiger partial charge in [0.15, 0.2) is 0 Å². The van der Waals surface area contributed by atoms with Gasteiger partial charge in [0.2, 0.25) is 0 Å². The lowest BCUT2D eigenvalue weighted by Gasteiger charge is -2.29. The molecule has 0 N–H and O–H groups in total. The summed E-state index contributed by atoms with van der Waals surface area (Å²) in [4.78, 5) is 12.9. The Morgan fingerprint density at radius 1 is 0.789 bits per heavy atom. The monoisotopic (exact) mass is 510 g/mol. The fraction of sp³-hybridized carbons (Fsp3) is 0.472. The molecule has 0 bridgehead atoms. The maximum atomic E-state index is 12.9. The van der Waals surface area contributed by atoms with Gasteiger partial charge in [0.25, 0.3) is 0 Å². The molecule has 1 atom stereocenters. The summed E-state index contributed by atoms with van der Waals surface area (Å²) < 4.78 is 5.81. The first-order valence-corrected chi connectivity index (χ1v) is 15.1. The molecular formula is C36H46O2. The molecule has 3 aromatic carbocycles. The standard InChI is InChI=1S/C36H46O2/c1-3-5-7-11-28-16-22-33(23-17-28)34-24-26-35(27-25-34)38-36(37)30(4-2)15-10-12-29-18-20-32(21-19-29)31-13-8-6-9-14-31/h6,8-9,13-14,18-21,24-28,30,33H,3-5,7,10-12,15-17,22-23H2,1-2H3. The van der Waals surface area contributed by atoms with E-state index < -0.39 is 0 Å². The van der Waals surface area contributed by atoms with Gasteiger partial charge in [-0.05, 0) is 97.6 Å². The van der Waals surface area contributed by atoms with Crippen LogP contribution in [0.2, 0.25) is 0 Å². The van der Waals surface area contributed by atoms with Crippen molar-refractivity contribution in [3.8, 4) is 16.9 Å². The van der Waals surface area contributed by atoms with Gasteiger partial charge in [0.05, 0.1) is 5.92 Å². The van der Waals surface area contributed by atoms with Crippen molar-refractivity contribution in [1.29, 1.82) is 0 Å². The molecule has 0 aromatic heterocycles. The van der Waals surface area contributed by atoms with Gasteiger partial charge in [-0.15, -0.1) is 0 Å². The Morgan fingerprint density at radius 3 is 2.13 bits per heavy atom. The highest BCUT2D eigenvalue weighted by atomic mass is 16.5. The maximum Gasteiger partial charge on any atom is 0.314 e. The predicted octanol–water partition coefficient (Wildman–Crippen LogP) is 10.2. The molecule has 0 saturated heterocycles. The third kappa shape index (κ3) is 8.32. The molecule has 3 aromatic rings. The van der Waals surface area contributed by atoms with Crippen molar-refractivity contribution in [2.45, 2.75) is 96.8 Å². The second-order valence-electron chi connectivity index (χ2n) is 11.3. The van der Waals surface area contributed by atoms with Crippen LogP contribution in [0.15, 0.2) is 78.9 Å².